The zero-order valence-electron chi connectivity index (χ0n) is 20.7. The van der Waals surface area contributed by atoms with E-state index >= 15 is 0 Å². The van der Waals surface area contributed by atoms with E-state index in [1.807, 2.05) is 0 Å². The van der Waals surface area contributed by atoms with Crippen molar-refractivity contribution >= 4 is 17.9 Å². The van der Waals surface area contributed by atoms with E-state index in [1.54, 1.807) is 0 Å². The molecule has 0 rings (SSSR count). The molecule has 6 nitrogen and oxygen atoms in total. The van der Waals surface area contributed by atoms with Crippen molar-refractivity contribution < 1.29 is 71.5 Å². The summed E-state index contributed by atoms with van der Waals surface area (Å²) >= 11 is 0. The molecular formula is C24H45CeO6. The third-order valence-corrected chi connectivity index (χ3v) is 4.24. The summed E-state index contributed by atoms with van der Waals surface area (Å²) in [5.41, 5.74) is 0. The van der Waals surface area contributed by atoms with Gasteiger partial charge in [0, 0.05) is 17.9 Å². The molecule has 0 amide bonds. The fraction of sp³-hybridized carbons (Fsp3) is 0.875. The first kappa shape index (κ1) is 38.1. The Hall–Kier alpha value is -0.213. The molecule has 0 aliphatic heterocycles. The third kappa shape index (κ3) is 53.2. The van der Waals surface area contributed by atoms with Gasteiger partial charge < -0.3 is 29.7 Å². The molecule has 31 heavy (non-hydrogen) atoms. The average molecular weight is 570 g/mol. The fourth-order valence-electron chi connectivity index (χ4n) is 2.47. The molecule has 0 saturated heterocycles. The standard InChI is InChI=1S/3C8H16O2.Ce/c3*1-7(2)5-3-4-6-8(9)10;/h3*7H,3-6H2,1-2H3,(H,9,10);/q;;;+3/p-3. The molecule has 0 saturated carbocycles. The van der Waals surface area contributed by atoms with Crippen LogP contribution in [0.3, 0.4) is 0 Å². The summed E-state index contributed by atoms with van der Waals surface area (Å²) in [4.78, 5) is 29.8. The van der Waals surface area contributed by atoms with Gasteiger partial charge in [-0.25, -0.2) is 0 Å². The van der Waals surface area contributed by atoms with Crippen LogP contribution in [0.1, 0.15) is 119 Å². The van der Waals surface area contributed by atoms with Crippen molar-refractivity contribution in [1.29, 1.82) is 0 Å². The summed E-state index contributed by atoms with van der Waals surface area (Å²) in [5.74, 6) is -0.735. The minimum absolute atomic E-state index is 0. The molecule has 0 aliphatic carbocycles. The van der Waals surface area contributed by atoms with Gasteiger partial charge >= 0.3 is 41.7 Å². The Morgan fingerprint density at radius 2 is 0.677 bits per heavy atom. The minimum Gasteiger partial charge on any atom is -0.550 e. The number of hydrogen-bond acceptors (Lipinski definition) is 6. The van der Waals surface area contributed by atoms with E-state index in [0.717, 1.165) is 57.8 Å². The molecule has 0 aromatic carbocycles. The summed E-state index contributed by atoms with van der Waals surface area (Å²) in [6.07, 6.45) is 9.31. The molecule has 0 fully saturated rings. The number of carboxylic acids is 3. The number of rotatable bonds is 15. The number of carboxylic acid groups (broad SMARTS) is 3. The number of hydrogen-bond donors (Lipinski definition) is 0. The van der Waals surface area contributed by atoms with E-state index in [-0.39, 0.29) is 61.0 Å². The predicted octanol–water partition coefficient (Wildman–Crippen LogP) is 2.86. The summed E-state index contributed by atoms with van der Waals surface area (Å²) in [6.45, 7) is 12.8. The van der Waals surface area contributed by atoms with E-state index in [4.69, 9.17) is 0 Å². The van der Waals surface area contributed by atoms with Crippen molar-refractivity contribution in [3.8, 4) is 0 Å². The van der Waals surface area contributed by atoms with Gasteiger partial charge in [-0.3, -0.25) is 0 Å². The predicted molar refractivity (Wildman–Crippen MR) is 115 cm³/mol. The van der Waals surface area contributed by atoms with Crippen LogP contribution in [0, 0.1) is 59.5 Å². The molecule has 0 aliphatic rings. The van der Waals surface area contributed by atoms with Crippen LogP contribution in [0.2, 0.25) is 0 Å². The maximum absolute atomic E-state index is 9.93. The Morgan fingerprint density at radius 3 is 0.806 bits per heavy atom. The van der Waals surface area contributed by atoms with Gasteiger partial charge in [0.05, 0.1) is 0 Å². The van der Waals surface area contributed by atoms with Gasteiger partial charge in [0.1, 0.15) is 0 Å². The number of carbonyl (C=O) groups excluding carboxylic acids is 3. The quantitative estimate of drug-likeness (QED) is 0.280. The SMILES string of the molecule is CC(C)CCCCC(=O)[O-].CC(C)CCCCC(=O)[O-].CC(C)CCCCC(=O)[O-].[Ce+3]. The van der Waals surface area contributed by atoms with Crippen LogP contribution in [-0.2, 0) is 14.4 Å². The van der Waals surface area contributed by atoms with E-state index in [9.17, 15) is 29.7 Å². The number of aliphatic carboxylic acids is 3. The number of carbonyl (C=O) groups is 3. The Kier molecular flexibility index (Phi) is 34.2. The molecular weight excluding hydrogens is 524 g/mol. The Labute approximate surface area is 224 Å². The topological polar surface area (TPSA) is 120 Å². The Bertz CT molecular complexity index is 360. The second-order valence-electron chi connectivity index (χ2n) is 9.03. The molecule has 181 valence electrons. The first-order valence-electron chi connectivity index (χ1n) is 11.5. The van der Waals surface area contributed by atoms with Crippen LogP contribution in [0.4, 0.5) is 0 Å². The van der Waals surface area contributed by atoms with E-state index in [0.29, 0.717) is 17.8 Å². The fourth-order valence-corrected chi connectivity index (χ4v) is 2.47. The van der Waals surface area contributed by atoms with Crippen molar-refractivity contribution in [2.75, 3.05) is 0 Å². The molecule has 0 aromatic heterocycles. The second-order valence-corrected chi connectivity index (χ2v) is 9.03. The van der Waals surface area contributed by atoms with Gasteiger partial charge in [0.2, 0.25) is 0 Å². The van der Waals surface area contributed by atoms with Gasteiger partial charge in [-0.15, -0.1) is 0 Å². The largest absolute Gasteiger partial charge is 3.00 e. The van der Waals surface area contributed by atoms with Crippen LogP contribution >= 0.6 is 0 Å². The van der Waals surface area contributed by atoms with Crippen molar-refractivity contribution in [3.63, 3.8) is 0 Å². The summed E-state index contributed by atoms with van der Waals surface area (Å²) in [5, 5.41) is 29.8. The zero-order valence-corrected chi connectivity index (χ0v) is 23.8. The van der Waals surface area contributed by atoms with Gasteiger partial charge in [-0.1, -0.05) is 80.1 Å². The zero-order chi connectivity index (χ0) is 23.9. The maximum Gasteiger partial charge on any atom is 3.00 e. The molecule has 0 unspecified atom stereocenters. The third-order valence-electron chi connectivity index (χ3n) is 4.24. The number of unbranched alkanes of at least 4 members (excludes halogenated alkanes) is 3. The first-order chi connectivity index (χ1) is 13.9. The molecule has 0 bridgehead atoms. The van der Waals surface area contributed by atoms with Gasteiger partial charge in [0.25, 0.3) is 0 Å². The van der Waals surface area contributed by atoms with Gasteiger partial charge in [-0.05, 0) is 56.3 Å². The summed E-state index contributed by atoms with van der Waals surface area (Å²) < 4.78 is 0. The van der Waals surface area contributed by atoms with Gasteiger partial charge in [-0.2, -0.15) is 0 Å². The molecule has 0 heterocycles. The van der Waals surface area contributed by atoms with Crippen LogP contribution < -0.4 is 15.3 Å². The van der Waals surface area contributed by atoms with E-state index < -0.39 is 17.9 Å². The normalized spacial score (nSPS) is 9.97. The molecule has 7 heteroatoms. The average Bonchev–Trinajstić information content (AvgIpc) is 2.60. The van der Waals surface area contributed by atoms with Crippen LogP contribution in [0.15, 0.2) is 0 Å². The monoisotopic (exact) mass is 569 g/mol. The van der Waals surface area contributed by atoms with Crippen LogP contribution in [0.25, 0.3) is 0 Å². The Balaban J connectivity index is -0.000000174. The molecule has 0 atom stereocenters. The Morgan fingerprint density at radius 1 is 0.484 bits per heavy atom. The smallest absolute Gasteiger partial charge is 0.550 e. The van der Waals surface area contributed by atoms with E-state index in [2.05, 4.69) is 41.5 Å². The molecule has 0 spiro atoms. The van der Waals surface area contributed by atoms with Crippen molar-refractivity contribution in [2.45, 2.75) is 119 Å². The molecule has 0 N–H and O–H groups in total. The maximum atomic E-state index is 9.93. The summed E-state index contributed by atoms with van der Waals surface area (Å²) in [7, 11) is 0. The van der Waals surface area contributed by atoms with E-state index in [1.165, 1.54) is 0 Å². The minimum atomic E-state index is -0.927. The first-order valence-corrected chi connectivity index (χ1v) is 11.5. The van der Waals surface area contributed by atoms with Crippen LogP contribution in [0.5, 0.6) is 0 Å². The van der Waals surface area contributed by atoms with Crippen LogP contribution in [-0.4, -0.2) is 17.9 Å². The van der Waals surface area contributed by atoms with Crippen molar-refractivity contribution in [3.05, 3.63) is 0 Å². The molecule has 0 aromatic rings. The van der Waals surface area contributed by atoms with Crippen molar-refractivity contribution in [1.82, 2.24) is 0 Å². The molecule has 1 radical (unpaired) electrons. The van der Waals surface area contributed by atoms with Gasteiger partial charge in [0.15, 0.2) is 0 Å². The second kappa shape index (κ2) is 27.8. The van der Waals surface area contributed by atoms with Crippen molar-refractivity contribution in [2.24, 2.45) is 17.8 Å². The summed E-state index contributed by atoms with van der Waals surface area (Å²) in [6, 6.07) is 0.